The molecule has 2 amide bonds. The third kappa shape index (κ3) is 7.58. The molecule has 184 valence electrons. The lowest BCUT2D eigenvalue weighted by molar-refractivity contribution is -0.118. The number of benzene rings is 2. The van der Waals surface area contributed by atoms with Gasteiger partial charge in [0.25, 0.3) is 5.91 Å². The number of hydrogen-bond acceptors (Lipinski definition) is 3. The molecule has 0 atom stereocenters. The smallest absolute Gasteiger partial charge is 0.251 e. The molecular weight excluding hydrogens is 431 g/mol. The zero-order valence-electron chi connectivity index (χ0n) is 21.4. The summed E-state index contributed by atoms with van der Waals surface area (Å²) in [5.74, 6) is -0.130. The SMILES string of the molecule is CC.CC.CCC(=O)N(Cc1c(C)cccc1F)c1cc(C(=O)NCc2ccco2)ccc1C. The van der Waals surface area contributed by atoms with E-state index < -0.39 is 0 Å². The lowest BCUT2D eigenvalue weighted by Gasteiger charge is -2.26. The van der Waals surface area contributed by atoms with Crippen LogP contribution in [0.4, 0.5) is 10.1 Å². The van der Waals surface area contributed by atoms with Crippen molar-refractivity contribution >= 4 is 17.5 Å². The van der Waals surface area contributed by atoms with Gasteiger partial charge in [0, 0.05) is 23.2 Å². The number of amides is 2. The highest BCUT2D eigenvalue weighted by atomic mass is 19.1. The molecule has 1 aromatic heterocycles. The minimum atomic E-state index is -0.353. The van der Waals surface area contributed by atoms with Crippen LogP contribution in [-0.4, -0.2) is 11.8 Å². The topological polar surface area (TPSA) is 62.6 Å². The van der Waals surface area contributed by atoms with E-state index >= 15 is 0 Å². The molecular formula is C28H37FN2O3. The highest BCUT2D eigenvalue weighted by Crippen LogP contribution is 2.26. The molecule has 0 aliphatic carbocycles. The molecule has 0 fully saturated rings. The number of carbonyl (C=O) groups is 2. The normalized spacial score (nSPS) is 9.76. The second-order valence-electron chi connectivity index (χ2n) is 7.13. The van der Waals surface area contributed by atoms with E-state index in [1.165, 1.54) is 6.07 Å². The van der Waals surface area contributed by atoms with Crippen molar-refractivity contribution in [3.63, 3.8) is 0 Å². The third-order valence-corrected chi connectivity index (χ3v) is 5.04. The summed E-state index contributed by atoms with van der Waals surface area (Å²) in [5.41, 5.74) is 3.07. The molecule has 5 nitrogen and oxygen atoms in total. The molecule has 3 rings (SSSR count). The van der Waals surface area contributed by atoms with Crippen LogP contribution >= 0.6 is 0 Å². The van der Waals surface area contributed by atoms with Crippen molar-refractivity contribution in [3.05, 3.63) is 88.6 Å². The van der Waals surface area contributed by atoms with Crippen LogP contribution in [0.15, 0.2) is 59.2 Å². The predicted molar refractivity (Wildman–Crippen MR) is 136 cm³/mol. The van der Waals surface area contributed by atoms with E-state index in [0.717, 1.165) is 11.1 Å². The molecule has 1 N–H and O–H groups in total. The number of aryl methyl sites for hydroxylation is 2. The molecule has 3 aromatic rings. The molecule has 6 heteroatoms. The van der Waals surface area contributed by atoms with Gasteiger partial charge in [-0.1, -0.05) is 52.8 Å². The second-order valence-corrected chi connectivity index (χ2v) is 7.13. The number of hydrogen-bond donors (Lipinski definition) is 1. The Balaban J connectivity index is 0.00000137. The zero-order chi connectivity index (χ0) is 25.7. The maximum absolute atomic E-state index is 14.4. The van der Waals surface area contributed by atoms with Gasteiger partial charge in [-0.05, 0) is 55.3 Å². The quantitative estimate of drug-likeness (QED) is 0.408. The number of rotatable bonds is 7. The van der Waals surface area contributed by atoms with E-state index in [9.17, 15) is 14.0 Å². The fourth-order valence-electron chi connectivity index (χ4n) is 3.25. The molecule has 0 radical (unpaired) electrons. The first kappa shape index (κ1) is 28.6. The number of furan rings is 1. The van der Waals surface area contributed by atoms with Crippen LogP contribution < -0.4 is 10.2 Å². The van der Waals surface area contributed by atoms with Gasteiger partial charge < -0.3 is 14.6 Å². The summed E-state index contributed by atoms with van der Waals surface area (Å²) in [6.45, 7) is 13.8. The monoisotopic (exact) mass is 468 g/mol. The minimum absolute atomic E-state index is 0.101. The lowest BCUT2D eigenvalue weighted by atomic mass is 10.0. The summed E-state index contributed by atoms with van der Waals surface area (Å²) in [7, 11) is 0. The first-order valence-electron chi connectivity index (χ1n) is 11.9. The molecule has 2 aromatic carbocycles. The fraction of sp³-hybridized carbons (Fsp3) is 0.357. The summed E-state index contributed by atoms with van der Waals surface area (Å²) in [6, 6.07) is 13.6. The molecule has 0 spiro atoms. The van der Waals surface area contributed by atoms with Gasteiger partial charge in [-0.15, -0.1) is 0 Å². The molecule has 0 aliphatic rings. The Morgan fingerprint density at radius 3 is 2.26 bits per heavy atom. The summed E-state index contributed by atoms with van der Waals surface area (Å²) in [6.07, 6.45) is 1.81. The van der Waals surface area contributed by atoms with E-state index in [2.05, 4.69) is 5.32 Å². The maximum Gasteiger partial charge on any atom is 0.251 e. The van der Waals surface area contributed by atoms with Crippen molar-refractivity contribution in [3.8, 4) is 0 Å². The van der Waals surface area contributed by atoms with Crippen LogP contribution in [0, 0.1) is 19.7 Å². The molecule has 0 saturated carbocycles. The van der Waals surface area contributed by atoms with E-state index in [1.54, 1.807) is 54.5 Å². The summed E-state index contributed by atoms with van der Waals surface area (Å²) in [5, 5.41) is 2.80. The fourth-order valence-corrected chi connectivity index (χ4v) is 3.25. The third-order valence-electron chi connectivity index (χ3n) is 5.04. The van der Waals surface area contributed by atoms with Crippen LogP contribution in [0.2, 0.25) is 0 Å². The highest BCUT2D eigenvalue weighted by molar-refractivity contribution is 5.98. The van der Waals surface area contributed by atoms with Gasteiger partial charge in [0.2, 0.25) is 5.91 Å². The zero-order valence-corrected chi connectivity index (χ0v) is 21.4. The Morgan fingerprint density at radius 1 is 0.971 bits per heavy atom. The number of nitrogens with zero attached hydrogens (tertiary/aromatic N) is 1. The molecule has 0 bridgehead atoms. The van der Waals surface area contributed by atoms with E-state index in [-0.39, 0.29) is 37.1 Å². The summed E-state index contributed by atoms with van der Waals surface area (Å²) in [4.78, 5) is 26.9. The van der Waals surface area contributed by atoms with Gasteiger partial charge >= 0.3 is 0 Å². The number of carbonyl (C=O) groups excluding carboxylic acids is 2. The van der Waals surface area contributed by atoms with Gasteiger partial charge in [-0.2, -0.15) is 0 Å². The Hall–Kier alpha value is -3.41. The molecule has 1 heterocycles. The van der Waals surface area contributed by atoms with Gasteiger partial charge in [-0.25, -0.2) is 4.39 Å². The van der Waals surface area contributed by atoms with Gasteiger partial charge in [0.1, 0.15) is 11.6 Å². The van der Waals surface area contributed by atoms with Gasteiger partial charge in [-0.3, -0.25) is 9.59 Å². The average Bonchev–Trinajstić information content (AvgIpc) is 3.39. The van der Waals surface area contributed by atoms with E-state index in [1.807, 2.05) is 47.6 Å². The lowest BCUT2D eigenvalue weighted by Crippen LogP contribution is -2.31. The van der Waals surface area contributed by atoms with Crippen LogP contribution in [0.5, 0.6) is 0 Å². The molecule has 0 saturated heterocycles. The maximum atomic E-state index is 14.4. The summed E-state index contributed by atoms with van der Waals surface area (Å²) < 4.78 is 19.7. The Kier molecular flexibility index (Phi) is 12.4. The Morgan fingerprint density at radius 2 is 1.68 bits per heavy atom. The van der Waals surface area contributed by atoms with Crippen LogP contribution in [-0.2, 0) is 17.9 Å². The van der Waals surface area contributed by atoms with E-state index in [0.29, 0.717) is 22.6 Å². The van der Waals surface area contributed by atoms with Crippen molar-refractivity contribution in [2.24, 2.45) is 0 Å². The van der Waals surface area contributed by atoms with Crippen molar-refractivity contribution < 1.29 is 18.4 Å². The average molecular weight is 469 g/mol. The van der Waals surface area contributed by atoms with Crippen LogP contribution in [0.25, 0.3) is 0 Å². The molecule has 34 heavy (non-hydrogen) atoms. The largest absolute Gasteiger partial charge is 0.467 e. The molecule has 0 unspecified atom stereocenters. The van der Waals surface area contributed by atoms with E-state index in [4.69, 9.17) is 4.42 Å². The standard InChI is InChI=1S/C24H25FN2O3.2C2H6/c1-4-23(28)27(15-20-16(2)7-5-9-21(20)25)22-13-18(11-10-17(22)3)24(29)26-14-19-8-6-12-30-19;2*1-2/h5-13H,4,14-15H2,1-3H3,(H,26,29);2*1-2H3. The second kappa shape index (κ2) is 14.7. The van der Waals surface area contributed by atoms with Gasteiger partial charge in [0.15, 0.2) is 0 Å². The van der Waals surface area contributed by atoms with Gasteiger partial charge in [0.05, 0.1) is 19.4 Å². The minimum Gasteiger partial charge on any atom is -0.467 e. The molecule has 0 aliphatic heterocycles. The van der Waals surface area contributed by atoms with Crippen molar-refractivity contribution in [2.75, 3.05) is 4.90 Å². The Labute approximate surface area is 203 Å². The van der Waals surface area contributed by atoms with Crippen LogP contribution in [0.1, 0.15) is 73.8 Å². The van der Waals surface area contributed by atoms with Crippen molar-refractivity contribution in [1.29, 1.82) is 0 Å². The van der Waals surface area contributed by atoms with Crippen molar-refractivity contribution in [2.45, 2.75) is 68.0 Å². The first-order chi connectivity index (χ1) is 16.4. The predicted octanol–water partition coefficient (Wildman–Crippen LogP) is 6.96. The van der Waals surface area contributed by atoms with Crippen LogP contribution in [0.3, 0.4) is 0 Å². The number of halogens is 1. The Bertz CT molecular complexity index is 1030. The first-order valence-corrected chi connectivity index (χ1v) is 11.9. The number of nitrogens with one attached hydrogen (secondary N) is 1. The van der Waals surface area contributed by atoms with Crippen molar-refractivity contribution in [1.82, 2.24) is 5.32 Å². The highest BCUT2D eigenvalue weighted by Gasteiger charge is 2.21. The number of anilines is 1. The summed E-state index contributed by atoms with van der Waals surface area (Å²) >= 11 is 0.